The molecule has 1 amide bonds. The topological polar surface area (TPSA) is 32.8 Å². The zero-order chi connectivity index (χ0) is 17.2. The van der Waals surface area contributed by atoms with Gasteiger partial charge in [-0.15, -0.1) is 0 Å². The number of nitrogens with zero attached hydrogens (tertiary/aromatic N) is 2. The summed E-state index contributed by atoms with van der Waals surface area (Å²) in [5, 5.41) is 0. The molecule has 3 fully saturated rings. The van der Waals surface area contributed by atoms with Gasteiger partial charge in [-0.2, -0.15) is 0 Å². The van der Waals surface area contributed by atoms with Crippen LogP contribution < -0.4 is 0 Å². The number of morpholine rings is 1. The lowest BCUT2D eigenvalue weighted by Gasteiger charge is -2.37. The fourth-order valence-corrected chi connectivity index (χ4v) is 4.61. The molecule has 1 aromatic rings. The van der Waals surface area contributed by atoms with E-state index in [4.69, 9.17) is 4.74 Å². The molecule has 1 saturated carbocycles. The van der Waals surface area contributed by atoms with Crippen molar-refractivity contribution in [1.29, 1.82) is 0 Å². The van der Waals surface area contributed by atoms with Crippen molar-refractivity contribution in [3.8, 4) is 0 Å². The number of benzene rings is 1. The number of carbonyl (C=O) groups excluding carboxylic acids is 1. The highest BCUT2D eigenvalue weighted by molar-refractivity contribution is 5.83. The van der Waals surface area contributed by atoms with E-state index in [0.717, 1.165) is 58.8 Å². The molecule has 3 unspecified atom stereocenters. The predicted molar refractivity (Wildman–Crippen MR) is 98.6 cm³/mol. The molecule has 0 spiro atoms. The highest BCUT2D eigenvalue weighted by Crippen LogP contribution is 2.49. The van der Waals surface area contributed by atoms with Gasteiger partial charge < -0.3 is 9.64 Å². The lowest BCUT2D eigenvalue weighted by Crippen LogP contribution is -2.46. The van der Waals surface area contributed by atoms with Crippen LogP contribution in [0.1, 0.15) is 36.3 Å². The molecule has 1 aliphatic carbocycles. The fraction of sp³-hybridized carbons (Fsp3) is 0.667. The molecule has 25 heavy (non-hydrogen) atoms. The summed E-state index contributed by atoms with van der Waals surface area (Å²) in [6, 6.07) is 8.54. The highest BCUT2D eigenvalue weighted by Gasteiger charge is 2.46. The van der Waals surface area contributed by atoms with Gasteiger partial charge in [0.25, 0.3) is 0 Å². The molecule has 1 aromatic carbocycles. The first-order valence-electron chi connectivity index (χ1n) is 9.87. The number of carbonyl (C=O) groups is 1. The summed E-state index contributed by atoms with van der Waals surface area (Å²) in [6.45, 7) is 8.99. The van der Waals surface area contributed by atoms with Gasteiger partial charge in [-0.1, -0.05) is 24.3 Å². The van der Waals surface area contributed by atoms with Crippen molar-refractivity contribution in [3.05, 3.63) is 35.4 Å². The van der Waals surface area contributed by atoms with Gasteiger partial charge in [-0.3, -0.25) is 9.69 Å². The van der Waals surface area contributed by atoms with Crippen molar-refractivity contribution in [3.63, 3.8) is 0 Å². The van der Waals surface area contributed by atoms with Crippen LogP contribution in [0.15, 0.2) is 24.3 Å². The molecule has 4 heteroatoms. The molecule has 0 aromatic heterocycles. The Labute approximate surface area is 151 Å². The van der Waals surface area contributed by atoms with E-state index < -0.39 is 0 Å². The number of amides is 1. The standard InChI is InChI=1S/C21H30N2O2/c1-16-5-2-3-7-18(16)19-13-20(19)21(24)23-8-4-6-17(15-23)14-22-9-11-25-12-10-22/h2-3,5,7,17,19-20H,4,6,8-15H2,1H3. The Balaban J connectivity index is 1.32. The van der Waals surface area contributed by atoms with Crippen LogP contribution in [-0.4, -0.2) is 61.6 Å². The first-order valence-corrected chi connectivity index (χ1v) is 9.87. The summed E-state index contributed by atoms with van der Waals surface area (Å²) < 4.78 is 5.45. The van der Waals surface area contributed by atoms with Crippen LogP contribution in [0.3, 0.4) is 0 Å². The number of aryl methyl sites for hydroxylation is 1. The molecule has 2 saturated heterocycles. The number of hydrogen-bond acceptors (Lipinski definition) is 3. The van der Waals surface area contributed by atoms with E-state index in [1.165, 1.54) is 17.5 Å². The van der Waals surface area contributed by atoms with Crippen LogP contribution in [0, 0.1) is 18.8 Å². The van der Waals surface area contributed by atoms with Crippen LogP contribution in [0.5, 0.6) is 0 Å². The van der Waals surface area contributed by atoms with Crippen molar-refractivity contribution in [2.75, 3.05) is 45.9 Å². The van der Waals surface area contributed by atoms with Crippen molar-refractivity contribution in [2.24, 2.45) is 11.8 Å². The van der Waals surface area contributed by atoms with E-state index in [2.05, 4.69) is 41.0 Å². The average Bonchev–Trinajstić information content (AvgIpc) is 3.43. The number of ether oxygens (including phenoxy) is 1. The van der Waals surface area contributed by atoms with Gasteiger partial charge in [-0.05, 0) is 49.1 Å². The highest BCUT2D eigenvalue weighted by atomic mass is 16.5. The normalized spacial score (nSPS) is 30.3. The summed E-state index contributed by atoms with van der Waals surface area (Å²) in [6.07, 6.45) is 3.45. The Bertz CT molecular complexity index is 612. The zero-order valence-electron chi connectivity index (χ0n) is 15.3. The third-order valence-electron chi connectivity index (χ3n) is 6.15. The molecule has 4 rings (SSSR count). The molecule has 3 atom stereocenters. The van der Waals surface area contributed by atoms with Gasteiger partial charge in [0.05, 0.1) is 13.2 Å². The summed E-state index contributed by atoms with van der Waals surface area (Å²) in [4.78, 5) is 17.7. The molecular weight excluding hydrogens is 312 g/mol. The first-order chi connectivity index (χ1) is 12.2. The number of hydrogen-bond donors (Lipinski definition) is 0. The average molecular weight is 342 g/mol. The Kier molecular flexibility index (Phi) is 5.09. The van der Waals surface area contributed by atoms with E-state index >= 15 is 0 Å². The van der Waals surface area contributed by atoms with Crippen molar-refractivity contribution in [1.82, 2.24) is 9.80 Å². The van der Waals surface area contributed by atoms with E-state index in [1.807, 2.05) is 0 Å². The molecule has 2 heterocycles. The van der Waals surface area contributed by atoms with Gasteiger partial charge in [0.15, 0.2) is 0 Å². The Morgan fingerprint density at radius 1 is 1.20 bits per heavy atom. The second-order valence-electron chi connectivity index (χ2n) is 8.01. The third kappa shape index (κ3) is 3.90. The van der Waals surface area contributed by atoms with Crippen LogP contribution >= 0.6 is 0 Å². The second-order valence-corrected chi connectivity index (χ2v) is 8.01. The monoisotopic (exact) mass is 342 g/mol. The molecular formula is C21H30N2O2. The van der Waals surface area contributed by atoms with Crippen molar-refractivity contribution < 1.29 is 9.53 Å². The van der Waals surface area contributed by atoms with Crippen LogP contribution in [0.2, 0.25) is 0 Å². The summed E-state index contributed by atoms with van der Waals surface area (Å²) in [7, 11) is 0. The van der Waals surface area contributed by atoms with Crippen molar-refractivity contribution >= 4 is 5.91 Å². The van der Waals surface area contributed by atoms with E-state index in [0.29, 0.717) is 17.7 Å². The SMILES string of the molecule is Cc1ccccc1C1CC1C(=O)N1CCCC(CN2CCOCC2)C1. The van der Waals surface area contributed by atoms with Gasteiger partial charge in [0, 0.05) is 38.6 Å². The second kappa shape index (κ2) is 7.46. The smallest absolute Gasteiger partial charge is 0.226 e. The van der Waals surface area contributed by atoms with Crippen molar-refractivity contribution in [2.45, 2.75) is 32.1 Å². The maximum absolute atomic E-state index is 13.0. The number of likely N-dealkylation sites (tertiary alicyclic amines) is 1. The molecule has 4 nitrogen and oxygen atoms in total. The quantitative estimate of drug-likeness (QED) is 0.843. The molecule has 136 valence electrons. The van der Waals surface area contributed by atoms with Gasteiger partial charge in [0.1, 0.15) is 0 Å². The first kappa shape index (κ1) is 17.0. The lowest BCUT2D eigenvalue weighted by molar-refractivity contribution is -0.134. The maximum atomic E-state index is 13.0. The van der Waals surface area contributed by atoms with Crippen LogP contribution in [0.4, 0.5) is 0 Å². The summed E-state index contributed by atoms with van der Waals surface area (Å²) >= 11 is 0. The lowest BCUT2D eigenvalue weighted by atomic mass is 9.96. The minimum atomic E-state index is 0.225. The molecule has 3 aliphatic rings. The largest absolute Gasteiger partial charge is 0.379 e. The fourth-order valence-electron chi connectivity index (χ4n) is 4.61. The minimum Gasteiger partial charge on any atom is -0.379 e. The molecule has 2 aliphatic heterocycles. The molecule has 0 radical (unpaired) electrons. The maximum Gasteiger partial charge on any atom is 0.226 e. The Hall–Kier alpha value is -1.39. The van der Waals surface area contributed by atoms with Crippen LogP contribution in [0.25, 0.3) is 0 Å². The number of piperidine rings is 1. The Morgan fingerprint density at radius 3 is 2.80 bits per heavy atom. The number of rotatable bonds is 4. The zero-order valence-corrected chi connectivity index (χ0v) is 15.3. The summed E-state index contributed by atoms with van der Waals surface area (Å²) in [5.74, 6) is 1.71. The predicted octanol–water partition coefficient (Wildman–Crippen LogP) is 2.67. The van der Waals surface area contributed by atoms with Gasteiger partial charge in [0.2, 0.25) is 5.91 Å². The van der Waals surface area contributed by atoms with Crippen LogP contribution in [-0.2, 0) is 9.53 Å². The van der Waals surface area contributed by atoms with E-state index in [9.17, 15) is 4.79 Å². The van der Waals surface area contributed by atoms with E-state index in [1.54, 1.807) is 0 Å². The Morgan fingerprint density at radius 2 is 2.00 bits per heavy atom. The van der Waals surface area contributed by atoms with Gasteiger partial charge >= 0.3 is 0 Å². The minimum absolute atomic E-state index is 0.225. The van der Waals surface area contributed by atoms with Gasteiger partial charge in [-0.25, -0.2) is 0 Å². The molecule has 0 bridgehead atoms. The third-order valence-corrected chi connectivity index (χ3v) is 6.15. The summed E-state index contributed by atoms with van der Waals surface area (Å²) in [5.41, 5.74) is 2.70. The molecule has 0 N–H and O–H groups in total. The van der Waals surface area contributed by atoms with E-state index in [-0.39, 0.29) is 5.92 Å².